The van der Waals surface area contributed by atoms with E-state index in [0.717, 1.165) is 23.3 Å². The summed E-state index contributed by atoms with van der Waals surface area (Å²) in [6.07, 6.45) is 4.28. The molecule has 5 heteroatoms. The molecule has 2 rings (SSSR count). The van der Waals surface area contributed by atoms with E-state index in [0.29, 0.717) is 0 Å². The van der Waals surface area contributed by atoms with Gasteiger partial charge in [-0.15, -0.1) is 0 Å². The summed E-state index contributed by atoms with van der Waals surface area (Å²) >= 11 is 0. The maximum Gasteiger partial charge on any atom is 0.142 e. The zero-order valence-corrected chi connectivity index (χ0v) is 11.9. The highest BCUT2D eigenvalue weighted by molar-refractivity contribution is 5.28. The molecule has 0 bridgehead atoms. The molecular weight excluding hydrogens is 254 g/mol. The third-order valence-corrected chi connectivity index (χ3v) is 3.28. The van der Waals surface area contributed by atoms with Gasteiger partial charge in [0, 0.05) is 24.8 Å². The fourth-order valence-corrected chi connectivity index (χ4v) is 2.02. The number of hydrogen-bond donors (Lipinski definition) is 2. The highest BCUT2D eigenvalue weighted by Crippen LogP contribution is 2.25. The van der Waals surface area contributed by atoms with Crippen molar-refractivity contribution in [1.29, 1.82) is 0 Å². The monoisotopic (exact) mass is 275 g/mol. The number of hydrogen-bond acceptors (Lipinski definition) is 4. The van der Waals surface area contributed by atoms with Crippen molar-refractivity contribution in [3.05, 3.63) is 47.8 Å². The summed E-state index contributed by atoms with van der Waals surface area (Å²) in [7, 11) is 1.87. The van der Waals surface area contributed by atoms with Crippen molar-refractivity contribution in [2.75, 3.05) is 0 Å². The number of aryl methyl sites for hydroxylation is 1. The summed E-state index contributed by atoms with van der Waals surface area (Å²) in [5, 5.41) is 13.2. The van der Waals surface area contributed by atoms with Gasteiger partial charge < -0.3 is 15.6 Å². The Hall–Kier alpha value is -1.85. The van der Waals surface area contributed by atoms with Crippen LogP contribution in [-0.2, 0) is 13.7 Å². The van der Waals surface area contributed by atoms with Gasteiger partial charge in [0.05, 0.1) is 12.8 Å². The molecule has 0 aliphatic rings. The van der Waals surface area contributed by atoms with Crippen LogP contribution in [0.2, 0.25) is 0 Å². The maximum atomic E-state index is 9.05. The molecule has 108 valence electrons. The molecule has 1 heterocycles. The van der Waals surface area contributed by atoms with E-state index in [2.05, 4.69) is 5.10 Å². The molecule has 0 radical (unpaired) electrons. The van der Waals surface area contributed by atoms with E-state index in [1.54, 1.807) is 10.9 Å². The quantitative estimate of drug-likeness (QED) is 0.842. The number of benzene rings is 1. The summed E-state index contributed by atoms with van der Waals surface area (Å²) in [6.45, 7) is 2.06. The van der Waals surface area contributed by atoms with E-state index in [9.17, 15) is 0 Å². The second-order valence-corrected chi connectivity index (χ2v) is 4.86. The SMILES string of the molecule is CCC(N)C(Oc1ccc(CO)cc1)c1cnn(C)c1. The smallest absolute Gasteiger partial charge is 0.142 e. The minimum atomic E-state index is -0.228. The minimum Gasteiger partial charge on any atom is -0.484 e. The lowest BCUT2D eigenvalue weighted by Gasteiger charge is -2.23. The van der Waals surface area contributed by atoms with Gasteiger partial charge in [-0.2, -0.15) is 5.10 Å². The Morgan fingerprint density at radius 3 is 2.55 bits per heavy atom. The predicted octanol–water partition coefficient (Wildman–Crippen LogP) is 1.77. The molecule has 20 heavy (non-hydrogen) atoms. The van der Waals surface area contributed by atoms with Crippen molar-refractivity contribution >= 4 is 0 Å². The van der Waals surface area contributed by atoms with Crippen molar-refractivity contribution in [3.8, 4) is 5.75 Å². The number of aliphatic hydroxyl groups excluding tert-OH is 1. The molecule has 0 amide bonds. The third-order valence-electron chi connectivity index (χ3n) is 3.28. The van der Waals surface area contributed by atoms with Crippen LogP contribution < -0.4 is 10.5 Å². The van der Waals surface area contributed by atoms with Crippen LogP contribution in [0.5, 0.6) is 5.75 Å². The Morgan fingerprint density at radius 1 is 1.35 bits per heavy atom. The first-order valence-corrected chi connectivity index (χ1v) is 6.74. The Labute approximate surface area is 119 Å². The first kappa shape index (κ1) is 14.6. The van der Waals surface area contributed by atoms with Crippen molar-refractivity contribution in [2.45, 2.75) is 32.1 Å². The second-order valence-electron chi connectivity index (χ2n) is 4.86. The van der Waals surface area contributed by atoms with Crippen molar-refractivity contribution in [2.24, 2.45) is 12.8 Å². The van der Waals surface area contributed by atoms with Gasteiger partial charge in [0.25, 0.3) is 0 Å². The second kappa shape index (κ2) is 6.54. The minimum absolute atomic E-state index is 0.0286. The highest BCUT2D eigenvalue weighted by atomic mass is 16.5. The van der Waals surface area contributed by atoms with Crippen LogP contribution in [0.15, 0.2) is 36.7 Å². The summed E-state index contributed by atoms with van der Waals surface area (Å²) in [4.78, 5) is 0. The Balaban J connectivity index is 2.18. The number of rotatable bonds is 6. The van der Waals surface area contributed by atoms with E-state index in [1.807, 2.05) is 44.4 Å². The molecule has 3 N–H and O–H groups in total. The van der Waals surface area contributed by atoms with Crippen LogP contribution in [0, 0.1) is 0 Å². The Bertz CT molecular complexity index is 536. The van der Waals surface area contributed by atoms with Crippen LogP contribution in [0.4, 0.5) is 0 Å². The third kappa shape index (κ3) is 3.37. The number of nitrogens with zero attached hydrogens (tertiary/aromatic N) is 2. The zero-order chi connectivity index (χ0) is 14.5. The highest BCUT2D eigenvalue weighted by Gasteiger charge is 2.22. The molecule has 5 nitrogen and oxygen atoms in total. The lowest BCUT2D eigenvalue weighted by Crippen LogP contribution is -2.31. The molecule has 0 aliphatic heterocycles. The number of aromatic nitrogens is 2. The molecular formula is C15H21N3O2. The average molecular weight is 275 g/mol. The molecule has 2 aromatic rings. The molecule has 0 fully saturated rings. The van der Waals surface area contributed by atoms with Crippen molar-refractivity contribution in [1.82, 2.24) is 9.78 Å². The largest absolute Gasteiger partial charge is 0.484 e. The lowest BCUT2D eigenvalue weighted by atomic mass is 10.0. The van der Waals surface area contributed by atoms with Crippen molar-refractivity contribution < 1.29 is 9.84 Å². The molecule has 0 aliphatic carbocycles. The van der Waals surface area contributed by atoms with Gasteiger partial charge in [0.2, 0.25) is 0 Å². The first-order valence-electron chi connectivity index (χ1n) is 6.74. The van der Waals surface area contributed by atoms with Crippen LogP contribution in [0.1, 0.15) is 30.6 Å². The molecule has 0 saturated heterocycles. The zero-order valence-electron chi connectivity index (χ0n) is 11.9. The molecule has 0 saturated carbocycles. The number of aliphatic hydroxyl groups is 1. The fraction of sp³-hybridized carbons (Fsp3) is 0.400. The van der Waals surface area contributed by atoms with Crippen LogP contribution in [0.25, 0.3) is 0 Å². The van der Waals surface area contributed by atoms with E-state index in [4.69, 9.17) is 15.6 Å². The van der Waals surface area contributed by atoms with Gasteiger partial charge >= 0.3 is 0 Å². The van der Waals surface area contributed by atoms with Crippen LogP contribution >= 0.6 is 0 Å². The fourth-order valence-electron chi connectivity index (χ4n) is 2.02. The molecule has 2 atom stereocenters. The molecule has 2 unspecified atom stereocenters. The van der Waals surface area contributed by atoms with Gasteiger partial charge in [-0.1, -0.05) is 19.1 Å². The van der Waals surface area contributed by atoms with Gasteiger partial charge in [0.1, 0.15) is 11.9 Å². The maximum absolute atomic E-state index is 9.05. The standard InChI is InChI=1S/C15H21N3O2/c1-3-14(16)15(12-8-17-18(2)9-12)20-13-6-4-11(10-19)5-7-13/h4-9,14-15,19H,3,10,16H2,1-2H3. The number of nitrogens with two attached hydrogens (primary N) is 1. The van der Waals surface area contributed by atoms with E-state index < -0.39 is 0 Å². The topological polar surface area (TPSA) is 73.3 Å². The van der Waals surface area contributed by atoms with E-state index >= 15 is 0 Å². The average Bonchev–Trinajstić information content (AvgIpc) is 2.91. The molecule has 0 spiro atoms. The Morgan fingerprint density at radius 2 is 2.05 bits per heavy atom. The summed E-state index contributed by atoms with van der Waals surface area (Å²) in [5.74, 6) is 0.736. The van der Waals surface area contributed by atoms with E-state index in [-0.39, 0.29) is 18.8 Å². The van der Waals surface area contributed by atoms with Gasteiger partial charge in [-0.05, 0) is 24.1 Å². The van der Waals surface area contributed by atoms with Crippen LogP contribution in [0.3, 0.4) is 0 Å². The van der Waals surface area contributed by atoms with Gasteiger partial charge in [-0.3, -0.25) is 4.68 Å². The number of ether oxygens (including phenoxy) is 1. The molecule has 1 aromatic heterocycles. The summed E-state index contributed by atoms with van der Waals surface area (Å²) in [5.41, 5.74) is 7.98. The molecule has 1 aromatic carbocycles. The summed E-state index contributed by atoms with van der Waals surface area (Å²) in [6, 6.07) is 7.27. The van der Waals surface area contributed by atoms with Crippen molar-refractivity contribution in [3.63, 3.8) is 0 Å². The first-order chi connectivity index (χ1) is 9.63. The Kier molecular flexibility index (Phi) is 4.76. The predicted molar refractivity (Wildman–Crippen MR) is 77.2 cm³/mol. The summed E-state index contributed by atoms with van der Waals surface area (Å²) < 4.78 is 7.75. The van der Waals surface area contributed by atoms with E-state index in [1.165, 1.54) is 0 Å². The van der Waals surface area contributed by atoms with Gasteiger partial charge in [0.15, 0.2) is 0 Å². The van der Waals surface area contributed by atoms with Crippen LogP contribution in [-0.4, -0.2) is 20.9 Å². The lowest BCUT2D eigenvalue weighted by molar-refractivity contribution is 0.171. The normalized spacial score (nSPS) is 14.0. The van der Waals surface area contributed by atoms with Gasteiger partial charge in [-0.25, -0.2) is 0 Å².